The molecule has 2 saturated heterocycles. The third-order valence-corrected chi connectivity index (χ3v) is 8.17. The Labute approximate surface area is 213 Å². The third kappa shape index (κ3) is 5.28. The number of thioether (sulfide) groups is 1. The number of aromatic nitrogens is 3. The quantitative estimate of drug-likeness (QED) is 0.407. The molecule has 0 bridgehead atoms. The van der Waals surface area contributed by atoms with Crippen molar-refractivity contribution in [1.82, 2.24) is 24.6 Å². The van der Waals surface area contributed by atoms with Crippen molar-refractivity contribution in [2.24, 2.45) is 13.0 Å². The molecule has 0 radical (unpaired) electrons. The van der Waals surface area contributed by atoms with Gasteiger partial charge in [-0.1, -0.05) is 11.8 Å². The van der Waals surface area contributed by atoms with Crippen LogP contribution in [0.5, 0.6) is 0 Å². The van der Waals surface area contributed by atoms with Crippen LogP contribution in [0.15, 0.2) is 35.6 Å². The average molecular weight is 521 g/mol. The van der Waals surface area contributed by atoms with E-state index in [9.17, 15) is 13.2 Å². The van der Waals surface area contributed by atoms with E-state index < -0.39 is 17.5 Å². The second kappa shape index (κ2) is 10.9. The molecule has 194 valence electrons. The van der Waals surface area contributed by atoms with Crippen LogP contribution in [0.4, 0.5) is 18.9 Å². The molecule has 7 nitrogen and oxygen atoms in total. The van der Waals surface area contributed by atoms with Gasteiger partial charge in [-0.05, 0) is 37.5 Å². The highest BCUT2D eigenvalue weighted by Gasteiger charge is 2.42. The molecule has 11 heteroatoms. The van der Waals surface area contributed by atoms with Gasteiger partial charge in [0.1, 0.15) is 18.2 Å². The normalized spacial score (nSPS) is 25.0. The van der Waals surface area contributed by atoms with Gasteiger partial charge in [-0.25, -0.2) is 13.2 Å². The van der Waals surface area contributed by atoms with Crippen LogP contribution in [-0.2, 0) is 11.8 Å². The van der Waals surface area contributed by atoms with E-state index >= 15 is 0 Å². The SMILES string of the molecule is CN1/C=C\C(c2nnc(SCCCN3C[C@H]4CCN(c5c(F)cc(F)cc5F)[C@H]4C3)n2C)=C/COC1. The van der Waals surface area contributed by atoms with Gasteiger partial charge in [0, 0.05) is 69.4 Å². The minimum absolute atomic E-state index is 0.0570. The van der Waals surface area contributed by atoms with Gasteiger partial charge in [0.15, 0.2) is 22.6 Å². The van der Waals surface area contributed by atoms with Gasteiger partial charge in [-0.15, -0.1) is 10.2 Å². The summed E-state index contributed by atoms with van der Waals surface area (Å²) in [5, 5.41) is 9.62. The first-order valence-electron chi connectivity index (χ1n) is 12.2. The molecular formula is C25H31F3N6OS. The summed E-state index contributed by atoms with van der Waals surface area (Å²) in [6, 6.07) is 1.59. The first-order valence-corrected chi connectivity index (χ1v) is 13.2. The second-order valence-corrected chi connectivity index (χ2v) is 10.6. The van der Waals surface area contributed by atoms with E-state index in [1.165, 1.54) is 0 Å². The molecule has 0 spiro atoms. The summed E-state index contributed by atoms with van der Waals surface area (Å²) in [5.41, 5.74) is 0.887. The molecule has 2 aromatic rings. The highest BCUT2D eigenvalue weighted by Crippen LogP contribution is 2.37. The van der Waals surface area contributed by atoms with Crippen LogP contribution < -0.4 is 4.90 Å². The fraction of sp³-hybridized carbons (Fsp3) is 0.520. The van der Waals surface area contributed by atoms with Crippen molar-refractivity contribution in [2.45, 2.75) is 24.0 Å². The summed E-state index contributed by atoms with van der Waals surface area (Å²) in [7, 11) is 3.93. The van der Waals surface area contributed by atoms with Crippen molar-refractivity contribution in [2.75, 3.05) is 57.2 Å². The highest BCUT2D eigenvalue weighted by atomic mass is 32.2. The molecule has 36 heavy (non-hydrogen) atoms. The predicted molar refractivity (Wildman–Crippen MR) is 134 cm³/mol. The van der Waals surface area contributed by atoms with Gasteiger partial charge in [0.2, 0.25) is 0 Å². The molecule has 2 atom stereocenters. The number of allylic oxidation sites excluding steroid dienone is 2. The van der Waals surface area contributed by atoms with E-state index in [1.54, 1.807) is 16.7 Å². The van der Waals surface area contributed by atoms with Gasteiger partial charge < -0.3 is 24.0 Å². The Morgan fingerprint density at radius 3 is 2.72 bits per heavy atom. The number of rotatable bonds is 7. The molecule has 2 fully saturated rings. The number of fused-ring (bicyclic) bond motifs is 1. The molecule has 0 N–H and O–H groups in total. The van der Waals surface area contributed by atoms with Crippen LogP contribution in [0, 0.1) is 23.4 Å². The molecule has 5 rings (SSSR count). The zero-order valence-electron chi connectivity index (χ0n) is 20.5. The molecule has 3 aliphatic heterocycles. The molecule has 3 aliphatic rings. The second-order valence-electron chi connectivity index (χ2n) is 9.59. The van der Waals surface area contributed by atoms with Gasteiger partial charge in [-0.3, -0.25) is 0 Å². The van der Waals surface area contributed by atoms with Gasteiger partial charge >= 0.3 is 0 Å². The number of halogens is 3. The Morgan fingerprint density at radius 1 is 1.11 bits per heavy atom. The van der Waals surface area contributed by atoms with Crippen molar-refractivity contribution in [1.29, 1.82) is 0 Å². The van der Waals surface area contributed by atoms with Gasteiger partial charge in [-0.2, -0.15) is 0 Å². The smallest absolute Gasteiger partial charge is 0.191 e. The van der Waals surface area contributed by atoms with E-state index in [1.807, 2.05) is 41.9 Å². The van der Waals surface area contributed by atoms with Crippen LogP contribution in [0.2, 0.25) is 0 Å². The molecule has 0 unspecified atom stereocenters. The van der Waals surface area contributed by atoms with Gasteiger partial charge in [0.25, 0.3) is 0 Å². The fourth-order valence-corrected chi connectivity index (χ4v) is 6.13. The highest BCUT2D eigenvalue weighted by molar-refractivity contribution is 7.99. The number of benzene rings is 1. The maximum absolute atomic E-state index is 14.4. The molecule has 1 aromatic carbocycles. The summed E-state index contributed by atoms with van der Waals surface area (Å²) < 4.78 is 49.7. The number of nitrogens with zero attached hydrogens (tertiary/aromatic N) is 6. The van der Waals surface area contributed by atoms with E-state index in [4.69, 9.17) is 4.74 Å². The maximum Gasteiger partial charge on any atom is 0.191 e. The zero-order chi connectivity index (χ0) is 25.2. The Hall–Kier alpha value is -2.50. The van der Waals surface area contributed by atoms with Crippen LogP contribution >= 0.6 is 11.8 Å². The Balaban J connectivity index is 1.13. The molecule has 1 aromatic heterocycles. The summed E-state index contributed by atoms with van der Waals surface area (Å²) >= 11 is 1.67. The molecule has 0 saturated carbocycles. The number of anilines is 1. The lowest BCUT2D eigenvalue weighted by molar-refractivity contribution is 0.0853. The van der Waals surface area contributed by atoms with Crippen molar-refractivity contribution >= 4 is 23.0 Å². The van der Waals surface area contributed by atoms with Crippen LogP contribution in [0.3, 0.4) is 0 Å². The van der Waals surface area contributed by atoms with Crippen LogP contribution in [0.1, 0.15) is 18.7 Å². The number of hydrogen-bond donors (Lipinski definition) is 0. The summed E-state index contributed by atoms with van der Waals surface area (Å²) in [4.78, 5) is 6.13. The lowest BCUT2D eigenvalue weighted by Crippen LogP contribution is -2.36. The maximum atomic E-state index is 14.4. The van der Waals surface area contributed by atoms with E-state index in [2.05, 4.69) is 15.1 Å². The number of ether oxygens (including phenoxy) is 1. The Kier molecular flexibility index (Phi) is 7.59. The largest absolute Gasteiger partial charge is 0.362 e. The van der Waals surface area contributed by atoms with E-state index in [0.717, 1.165) is 66.9 Å². The monoisotopic (exact) mass is 520 g/mol. The van der Waals surface area contributed by atoms with Crippen LogP contribution in [-0.4, -0.2) is 82.9 Å². The Bertz CT molecular complexity index is 1130. The minimum Gasteiger partial charge on any atom is -0.362 e. The van der Waals surface area contributed by atoms with Crippen molar-refractivity contribution < 1.29 is 17.9 Å². The fourth-order valence-electron chi connectivity index (χ4n) is 5.29. The first kappa shape index (κ1) is 25.2. The van der Waals surface area contributed by atoms with Crippen molar-refractivity contribution in [3.63, 3.8) is 0 Å². The van der Waals surface area contributed by atoms with Crippen LogP contribution in [0.25, 0.3) is 5.57 Å². The van der Waals surface area contributed by atoms with E-state index in [0.29, 0.717) is 25.8 Å². The number of likely N-dealkylation sites (tertiary alicyclic amines) is 1. The lowest BCUT2D eigenvalue weighted by atomic mass is 10.0. The Morgan fingerprint density at radius 2 is 1.92 bits per heavy atom. The standard InChI is InChI=1S/C25H31F3N6OS/c1-31-8-4-17(6-10-35-16-31)24-29-30-25(32(24)2)36-11-3-7-33-14-18-5-9-34(22(18)15-33)23-20(27)12-19(26)13-21(23)28/h4,6,8,12-13,18,22H,3,5,7,9-11,14-16H2,1-2H3/b8-4-,17-6+/t18-,22+/m1/s1. The van der Waals surface area contributed by atoms with Crippen molar-refractivity contribution in [3.05, 3.63) is 53.8 Å². The summed E-state index contributed by atoms with van der Waals surface area (Å²) in [5.74, 6) is -0.461. The number of hydrogen-bond acceptors (Lipinski definition) is 7. The third-order valence-electron chi connectivity index (χ3n) is 7.06. The molecular weight excluding hydrogens is 489 g/mol. The predicted octanol–water partition coefficient (Wildman–Crippen LogP) is 3.74. The molecule has 0 aliphatic carbocycles. The summed E-state index contributed by atoms with van der Waals surface area (Å²) in [6.45, 7) is 4.26. The first-order chi connectivity index (χ1) is 17.4. The molecule has 0 amide bonds. The topological polar surface area (TPSA) is 49.7 Å². The van der Waals surface area contributed by atoms with Gasteiger partial charge in [0.05, 0.1) is 6.61 Å². The summed E-state index contributed by atoms with van der Waals surface area (Å²) in [6.07, 6.45) is 7.86. The van der Waals surface area contributed by atoms with Crippen molar-refractivity contribution in [3.8, 4) is 0 Å². The van der Waals surface area contributed by atoms with E-state index in [-0.39, 0.29) is 11.7 Å². The molecule has 4 heterocycles. The zero-order valence-corrected chi connectivity index (χ0v) is 21.4. The lowest BCUT2D eigenvalue weighted by Gasteiger charge is -2.27. The average Bonchev–Trinajstić information content (AvgIpc) is 3.49. The minimum atomic E-state index is -0.885.